The van der Waals surface area contributed by atoms with E-state index in [2.05, 4.69) is 3.07 Å². The van der Waals surface area contributed by atoms with Gasteiger partial charge >= 0.3 is 6.09 Å². The van der Waals surface area contributed by atoms with Crippen molar-refractivity contribution >= 4 is 34.9 Å². The maximum Gasteiger partial charge on any atom is 0.419 e. The normalized spacial score (nSPS) is 18.3. The van der Waals surface area contributed by atoms with Crippen LogP contribution >= 0.6 is 23.0 Å². The van der Waals surface area contributed by atoms with Gasteiger partial charge in [0.05, 0.1) is 0 Å². The highest BCUT2D eigenvalue weighted by atomic mass is 127. The van der Waals surface area contributed by atoms with Crippen molar-refractivity contribution in [2.45, 2.75) is 12.8 Å². The van der Waals surface area contributed by atoms with E-state index in [-0.39, 0.29) is 11.9 Å². The number of amides is 1. The van der Waals surface area contributed by atoms with Gasteiger partial charge in [-0.2, -0.15) is 0 Å². The van der Waals surface area contributed by atoms with Crippen molar-refractivity contribution in [2.75, 3.05) is 13.1 Å². The molecule has 1 amide bonds. The predicted molar refractivity (Wildman–Crippen MR) is 46.3 cm³/mol. The van der Waals surface area contributed by atoms with Gasteiger partial charge in [-0.05, 0) is 0 Å². The Morgan fingerprint density at radius 3 is 2.45 bits per heavy atom. The molecule has 0 aromatic rings. The number of Topliss-reactive ketones (excluding diaryl/α,β-unsaturated/α-hetero) is 1. The largest absolute Gasteiger partial charge is 0.419 e. The first-order valence-corrected chi connectivity index (χ1v) is 4.21. The van der Waals surface area contributed by atoms with Crippen LogP contribution in [0.1, 0.15) is 12.8 Å². The summed E-state index contributed by atoms with van der Waals surface area (Å²) < 4.78 is 4.47. The Bertz CT molecular complexity index is 173. The lowest BCUT2D eigenvalue weighted by atomic mass is 10.1. The first-order chi connectivity index (χ1) is 5.24. The van der Waals surface area contributed by atoms with Crippen LogP contribution in [0.5, 0.6) is 0 Å². The number of rotatable bonds is 0. The SMILES string of the molecule is O=C1CCN(C(=O)OI)CC1. The van der Waals surface area contributed by atoms with Crippen molar-refractivity contribution in [1.29, 1.82) is 0 Å². The second-order valence-corrected chi connectivity index (χ2v) is 2.81. The molecule has 0 aromatic carbocycles. The van der Waals surface area contributed by atoms with Crippen molar-refractivity contribution in [3.63, 3.8) is 0 Å². The van der Waals surface area contributed by atoms with Crippen molar-refractivity contribution < 1.29 is 12.7 Å². The van der Waals surface area contributed by atoms with Crippen LogP contribution in [0.3, 0.4) is 0 Å². The minimum Gasteiger partial charge on any atom is -0.378 e. The smallest absolute Gasteiger partial charge is 0.378 e. The van der Waals surface area contributed by atoms with E-state index in [9.17, 15) is 9.59 Å². The molecular weight excluding hydrogens is 261 g/mol. The van der Waals surface area contributed by atoms with Crippen LogP contribution in [0.2, 0.25) is 0 Å². The van der Waals surface area contributed by atoms with Gasteiger partial charge in [0, 0.05) is 25.9 Å². The van der Waals surface area contributed by atoms with Crippen LogP contribution in [-0.4, -0.2) is 29.9 Å². The van der Waals surface area contributed by atoms with Crippen LogP contribution in [0.15, 0.2) is 0 Å². The fourth-order valence-corrected chi connectivity index (χ4v) is 1.27. The van der Waals surface area contributed by atoms with E-state index in [1.807, 2.05) is 0 Å². The molecule has 1 fully saturated rings. The molecule has 5 heteroatoms. The van der Waals surface area contributed by atoms with E-state index in [0.29, 0.717) is 25.9 Å². The number of carbonyl (C=O) groups is 2. The summed E-state index contributed by atoms with van der Waals surface area (Å²) >= 11 is 1.54. The minimum atomic E-state index is -0.349. The fourth-order valence-electron chi connectivity index (χ4n) is 0.987. The molecule has 1 aliphatic heterocycles. The first kappa shape index (κ1) is 8.76. The number of likely N-dealkylation sites (tertiary alicyclic amines) is 1. The van der Waals surface area contributed by atoms with E-state index in [1.165, 1.54) is 4.90 Å². The summed E-state index contributed by atoms with van der Waals surface area (Å²) in [5.41, 5.74) is 0. The Kier molecular flexibility index (Phi) is 3.10. The summed E-state index contributed by atoms with van der Waals surface area (Å²) in [5.74, 6) is 0.225. The lowest BCUT2D eigenvalue weighted by Crippen LogP contribution is -2.37. The van der Waals surface area contributed by atoms with Crippen molar-refractivity contribution in [1.82, 2.24) is 4.90 Å². The van der Waals surface area contributed by atoms with E-state index in [0.717, 1.165) is 0 Å². The fraction of sp³-hybridized carbons (Fsp3) is 0.667. The quantitative estimate of drug-likeness (QED) is 0.619. The zero-order valence-corrected chi connectivity index (χ0v) is 8.04. The molecule has 11 heavy (non-hydrogen) atoms. The van der Waals surface area contributed by atoms with Gasteiger partial charge in [0.25, 0.3) is 0 Å². The molecule has 1 saturated heterocycles. The highest BCUT2D eigenvalue weighted by molar-refractivity contribution is 14.1. The molecule has 4 nitrogen and oxygen atoms in total. The molecule has 0 N–H and O–H groups in total. The van der Waals surface area contributed by atoms with Gasteiger partial charge in [-0.15, -0.1) is 0 Å². The van der Waals surface area contributed by atoms with Gasteiger partial charge in [0.2, 0.25) is 0 Å². The Labute approximate surface area is 78.6 Å². The first-order valence-electron chi connectivity index (χ1n) is 3.33. The zero-order valence-electron chi connectivity index (χ0n) is 5.88. The number of nitrogens with zero attached hydrogens (tertiary/aromatic N) is 1. The molecule has 1 heterocycles. The number of piperidine rings is 1. The van der Waals surface area contributed by atoms with Crippen LogP contribution < -0.4 is 0 Å². The molecule has 0 saturated carbocycles. The topological polar surface area (TPSA) is 46.6 Å². The molecule has 0 aromatic heterocycles. The third-order valence-corrected chi connectivity index (χ3v) is 2.02. The second kappa shape index (κ2) is 3.89. The average molecular weight is 269 g/mol. The monoisotopic (exact) mass is 269 g/mol. The molecule has 0 radical (unpaired) electrons. The Balaban J connectivity index is 2.39. The number of hydrogen-bond donors (Lipinski definition) is 0. The number of carbonyl (C=O) groups excluding carboxylic acids is 2. The van der Waals surface area contributed by atoms with E-state index < -0.39 is 0 Å². The molecule has 1 rings (SSSR count). The maximum atomic E-state index is 10.9. The number of halogens is 1. The van der Waals surface area contributed by atoms with Gasteiger partial charge in [0.1, 0.15) is 5.78 Å². The molecule has 0 aliphatic carbocycles. The lowest BCUT2D eigenvalue weighted by Gasteiger charge is -2.23. The van der Waals surface area contributed by atoms with Gasteiger partial charge in [-0.1, -0.05) is 0 Å². The predicted octanol–water partition coefficient (Wildman–Crippen LogP) is 1.14. The van der Waals surface area contributed by atoms with Crippen molar-refractivity contribution in [3.8, 4) is 0 Å². The van der Waals surface area contributed by atoms with Crippen LogP contribution in [-0.2, 0) is 7.86 Å². The highest BCUT2D eigenvalue weighted by Crippen LogP contribution is 2.08. The number of hydrogen-bond acceptors (Lipinski definition) is 3. The Hall–Kier alpha value is -0.330. The highest BCUT2D eigenvalue weighted by Gasteiger charge is 2.20. The molecule has 62 valence electrons. The van der Waals surface area contributed by atoms with Gasteiger partial charge in [0.15, 0.2) is 23.0 Å². The molecule has 0 bridgehead atoms. The number of ketones is 1. The third kappa shape index (κ3) is 2.32. The van der Waals surface area contributed by atoms with Gasteiger partial charge < -0.3 is 7.97 Å². The van der Waals surface area contributed by atoms with Crippen LogP contribution in [0.4, 0.5) is 4.79 Å². The Morgan fingerprint density at radius 1 is 1.45 bits per heavy atom. The molecule has 0 atom stereocenters. The zero-order chi connectivity index (χ0) is 8.27. The minimum absolute atomic E-state index is 0.225. The molecular formula is C6H8INO3. The summed E-state index contributed by atoms with van der Waals surface area (Å²) in [5, 5.41) is 0. The summed E-state index contributed by atoms with van der Waals surface area (Å²) in [6, 6.07) is 0. The second-order valence-electron chi connectivity index (χ2n) is 2.37. The average Bonchev–Trinajstić information content (AvgIpc) is 2.05. The Morgan fingerprint density at radius 2 is 2.00 bits per heavy atom. The van der Waals surface area contributed by atoms with Crippen molar-refractivity contribution in [3.05, 3.63) is 0 Å². The van der Waals surface area contributed by atoms with Crippen LogP contribution in [0, 0.1) is 0 Å². The summed E-state index contributed by atoms with van der Waals surface area (Å²) in [6.45, 7) is 1.00. The standard InChI is InChI=1S/C6H8INO3/c7-11-6(10)8-3-1-5(9)2-4-8/h1-4H2. The summed E-state index contributed by atoms with van der Waals surface area (Å²) in [7, 11) is 0. The van der Waals surface area contributed by atoms with Crippen molar-refractivity contribution in [2.24, 2.45) is 0 Å². The van der Waals surface area contributed by atoms with Crippen LogP contribution in [0.25, 0.3) is 0 Å². The maximum absolute atomic E-state index is 10.9. The van der Waals surface area contributed by atoms with E-state index in [1.54, 1.807) is 23.0 Å². The van der Waals surface area contributed by atoms with E-state index in [4.69, 9.17) is 0 Å². The molecule has 0 unspecified atom stereocenters. The molecule has 1 aliphatic rings. The summed E-state index contributed by atoms with van der Waals surface area (Å²) in [6.07, 6.45) is 0.579. The molecule has 0 spiro atoms. The lowest BCUT2D eigenvalue weighted by molar-refractivity contribution is -0.120. The van der Waals surface area contributed by atoms with Gasteiger partial charge in [-0.25, -0.2) is 4.79 Å². The third-order valence-electron chi connectivity index (χ3n) is 1.65. The van der Waals surface area contributed by atoms with Gasteiger partial charge in [-0.3, -0.25) is 4.79 Å². The van der Waals surface area contributed by atoms with E-state index >= 15 is 0 Å². The summed E-state index contributed by atoms with van der Waals surface area (Å²) in [4.78, 5) is 23.1.